The molecule has 0 spiro atoms. The molecule has 0 bridgehead atoms. The third-order valence-electron chi connectivity index (χ3n) is 2.72. The molecule has 0 atom stereocenters. The lowest BCUT2D eigenvalue weighted by atomic mass is 10.0. The number of rotatable bonds is 8. The zero-order valence-electron chi connectivity index (χ0n) is 11.1. The first kappa shape index (κ1) is 15.6. The van der Waals surface area contributed by atoms with E-state index < -0.39 is 25.4 Å². The van der Waals surface area contributed by atoms with Crippen molar-refractivity contribution in [1.82, 2.24) is 0 Å². The number of nitrogen functional groups attached to an aromatic ring is 1. The number of aliphatic hydroxyl groups is 3. The van der Waals surface area contributed by atoms with E-state index in [0.717, 1.165) is 6.42 Å². The number of ether oxygens (including phenoxy) is 1. The Labute approximate surface area is 112 Å². The Morgan fingerprint density at radius 3 is 2.32 bits per heavy atom. The molecule has 0 fully saturated rings. The summed E-state index contributed by atoms with van der Waals surface area (Å²) >= 11 is 0. The highest BCUT2D eigenvalue weighted by atomic mass is 16.5. The van der Waals surface area contributed by atoms with Crippen LogP contribution in [-0.4, -0.2) is 47.3 Å². The monoisotopic (exact) mass is 270 g/mol. The molecule has 0 aliphatic rings. The summed E-state index contributed by atoms with van der Waals surface area (Å²) in [6.07, 6.45) is 0.880. The van der Waals surface area contributed by atoms with Gasteiger partial charge >= 0.3 is 0 Å². The third-order valence-corrected chi connectivity index (χ3v) is 2.72. The maximum absolute atomic E-state index is 9.27. The molecular weight excluding hydrogens is 248 g/mol. The highest BCUT2D eigenvalue weighted by Crippen LogP contribution is 2.25. The summed E-state index contributed by atoms with van der Waals surface area (Å²) in [5.41, 5.74) is 5.65. The van der Waals surface area contributed by atoms with Crippen molar-refractivity contribution in [2.24, 2.45) is 0 Å². The molecule has 0 radical (unpaired) electrons. The van der Waals surface area contributed by atoms with Crippen LogP contribution in [0.4, 0.5) is 11.4 Å². The molecule has 0 aliphatic carbocycles. The number of anilines is 2. The zero-order valence-corrected chi connectivity index (χ0v) is 11.1. The van der Waals surface area contributed by atoms with Crippen molar-refractivity contribution in [1.29, 1.82) is 0 Å². The average Bonchev–Trinajstić information content (AvgIpc) is 2.42. The van der Waals surface area contributed by atoms with E-state index in [4.69, 9.17) is 10.5 Å². The van der Waals surface area contributed by atoms with Gasteiger partial charge in [-0.2, -0.15) is 0 Å². The van der Waals surface area contributed by atoms with Crippen LogP contribution in [0.3, 0.4) is 0 Å². The highest BCUT2D eigenvalue weighted by Gasteiger charge is 2.27. The Morgan fingerprint density at radius 2 is 1.79 bits per heavy atom. The van der Waals surface area contributed by atoms with Crippen molar-refractivity contribution in [2.75, 3.05) is 37.5 Å². The smallest absolute Gasteiger partial charge is 0.123 e. The molecule has 1 aromatic carbocycles. The molecule has 1 rings (SSSR count). The van der Waals surface area contributed by atoms with Crippen molar-refractivity contribution < 1.29 is 20.1 Å². The van der Waals surface area contributed by atoms with Gasteiger partial charge in [0.1, 0.15) is 11.3 Å². The third kappa shape index (κ3) is 4.27. The number of benzene rings is 1. The number of aliphatic hydroxyl groups excluding tert-OH is 3. The largest absolute Gasteiger partial charge is 0.493 e. The molecule has 0 unspecified atom stereocenters. The fourth-order valence-electron chi connectivity index (χ4n) is 1.57. The van der Waals surface area contributed by atoms with Crippen molar-refractivity contribution in [3.8, 4) is 5.75 Å². The normalized spacial score (nSPS) is 11.4. The standard InChI is InChI=1S/C13H22N2O4/c1-2-3-19-12-5-10(14)4-11(6-12)15-13(7-16,8-17)9-18/h4-6,15-18H,2-3,7-9,14H2,1H3. The fourth-order valence-corrected chi connectivity index (χ4v) is 1.57. The van der Waals surface area contributed by atoms with Gasteiger partial charge in [0.2, 0.25) is 0 Å². The van der Waals surface area contributed by atoms with E-state index in [0.29, 0.717) is 23.7 Å². The molecule has 6 N–H and O–H groups in total. The van der Waals surface area contributed by atoms with E-state index in [-0.39, 0.29) is 0 Å². The Bertz CT molecular complexity index is 386. The Hall–Kier alpha value is -1.50. The van der Waals surface area contributed by atoms with E-state index in [1.807, 2.05) is 6.92 Å². The van der Waals surface area contributed by atoms with Crippen LogP contribution in [0.25, 0.3) is 0 Å². The van der Waals surface area contributed by atoms with Crippen LogP contribution in [0.1, 0.15) is 13.3 Å². The maximum atomic E-state index is 9.27. The molecule has 1 aromatic rings. The van der Waals surface area contributed by atoms with Crippen molar-refractivity contribution in [3.05, 3.63) is 18.2 Å². The minimum Gasteiger partial charge on any atom is -0.493 e. The van der Waals surface area contributed by atoms with Crippen LogP contribution >= 0.6 is 0 Å². The first-order valence-corrected chi connectivity index (χ1v) is 6.23. The predicted octanol–water partition coefficient (Wildman–Crippen LogP) is 0.185. The minimum absolute atomic E-state index is 0.403. The number of nitrogens with two attached hydrogens (primary N) is 1. The SMILES string of the molecule is CCCOc1cc(N)cc(NC(CO)(CO)CO)c1. The molecule has 0 heterocycles. The highest BCUT2D eigenvalue weighted by molar-refractivity contribution is 5.60. The van der Waals surface area contributed by atoms with Gasteiger partial charge in [0.25, 0.3) is 0 Å². The van der Waals surface area contributed by atoms with E-state index >= 15 is 0 Å². The van der Waals surface area contributed by atoms with Crippen molar-refractivity contribution >= 4 is 11.4 Å². The lowest BCUT2D eigenvalue weighted by Crippen LogP contribution is -2.49. The molecule has 19 heavy (non-hydrogen) atoms. The topological polar surface area (TPSA) is 108 Å². The van der Waals surface area contributed by atoms with Crippen molar-refractivity contribution in [2.45, 2.75) is 18.9 Å². The quantitative estimate of drug-likeness (QED) is 0.431. The van der Waals surface area contributed by atoms with Gasteiger partial charge in [-0.3, -0.25) is 0 Å². The van der Waals surface area contributed by atoms with E-state index in [2.05, 4.69) is 5.32 Å². The zero-order chi connectivity index (χ0) is 14.3. The first-order valence-electron chi connectivity index (χ1n) is 6.23. The summed E-state index contributed by atoms with van der Waals surface area (Å²) in [7, 11) is 0. The second-order valence-corrected chi connectivity index (χ2v) is 4.52. The lowest BCUT2D eigenvalue weighted by molar-refractivity contribution is 0.0833. The second-order valence-electron chi connectivity index (χ2n) is 4.52. The van der Waals surface area contributed by atoms with Crippen molar-refractivity contribution in [3.63, 3.8) is 0 Å². The molecule has 0 amide bonds. The summed E-state index contributed by atoms with van der Waals surface area (Å²) in [4.78, 5) is 0. The molecular formula is C13H22N2O4. The maximum Gasteiger partial charge on any atom is 0.123 e. The van der Waals surface area contributed by atoms with Gasteiger partial charge in [-0.05, 0) is 12.5 Å². The molecule has 6 heteroatoms. The van der Waals surface area contributed by atoms with Gasteiger partial charge in [-0.15, -0.1) is 0 Å². The molecule has 6 nitrogen and oxygen atoms in total. The lowest BCUT2D eigenvalue weighted by Gasteiger charge is -2.30. The Balaban J connectivity index is 2.90. The first-order chi connectivity index (χ1) is 9.09. The van der Waals surface area contributed by atoms with Crippen LogP contribution in [0.15, 0.2) is 18.2 Å². The van der Waals surface area contributed by atoms with E-state index in [1.54, 1.807) is 18.2 Å². The van der Waals surface area contributed by atoms with Gasteiger partial charge in [0.15, 0.2) is 0 Å². The summed E-state index contributed by atoms with van der Waals surface area (Å²) in [5, 5.41) is 30.7. The summed E-state index contributed by atoms with van der Waals surface area (Å²) < 4.78 is 5.48. The second kappa shape index (κ2) is 7.18. The van der Waals surface area contributed by atoms with Gasteiger partial charge in [-0.25, -0.2) is 0 Å². The van der Waals surface area contributed by atoms with Crippen LogP contribution < -0.4 is 15.8 Å². The molecule has 0 saturated heterocycles. The minimum atomic E-state index is -1.18. The van der Waals surface area contributed by atoms with Crippen LogP contribution in [0.2, 0.25) is 0 Å². The van der Waals surface area contributed by atoms with Gasteiger partial charge in [0, 0.05) is 23.5 Å². The number of nitrogens with one attached hydrogen (secondary N) is 1. The molecule has 0 saturated carbocycles. The summed E-state index contributed by atoms with van der Waals surface area (Å²) in [6.45, 7) is 1.37. The number of hydrogen-bond donors (Lipinski definition) is 5. The molecule has 0 aliphatic heterocycles. The summed E-state index contributed by atoms with van der Waals surface area (Å²) in [6, 6.07) is 5.05. The van der Waals surface area contributed by atoms with E-state index in [9.17, 15) is 15.3 Å². The van der Waals surface area contributed by atoms with Gasteiger partial charge in [0.05, 0.1) is 26.4 Å². The fraction of sp³-hybridized carbons (Fsp3) is 0.538. The van der Waals surface area contributed by atoms with Crippen LogP contribution in [0.5, 0.6) is 5.75 Å². The Morgan fingerprint density at radius 1 is 1.16 bits per heavy atom. The van der Waals surface area contributed by atoms with Crippen LogP contribution in [0, 0.1) is 0 Å². The van der Waals surface area contributed by atoms with Crippen LogP contribution in [-0.2, 0) is 0 Å². The Kier molecular flexibility index (Phi) is 5.88. The number of hydrogen-bond acceptors (Lipinski definition) is 6. The van der Waals surface area contributed by atoms with Gasteiger partial charge in [-0.1, -0.05) is 6.92 Å². The molecule has 0 aromatic heterocycles. The summed E-state index contributed by atoms with van der Waals surface area (Å²) in [5.74, 6) is 0.604. The molecule has 108 valence electrons. The average molecular weight is 270 g/mol. The van der Waals surface area contributed by atoms with Gasteiger partial charge < -0.3 is 31.1 Å². The van der Waals surface area contributed by atoms with E-state index in [1.165, 1.54) is 0 Å². The predicted molar refractivity (Wildman–Crippen MR) is 74.3 cm³/mol.